The van der Waals surface area contributed by atoms with E-state index in [4.69, 9.17) is 56.8 Å². The highest BCUT2D eigenvalue weighted by molar-refractivity contribution is 5.78. The Morgan fingerprint density at radius 1 is 0.433 bits per heavy atom. The van der Waals surface area contributed by atoms with Gasteiger partial charge in [0.05, 0.1) is 88.8 Å². The molecule has 6 rings (SSSR count). The zero-order valence-corrected chi connectivity index (χ0v) is 73.7. The summed E-state index contributed by atoms with van der Waals surface area (Å²) in [5.41, 5.74) is 0. The van der Waals surface area contributed by atoms with Gasteiger partial charge in [-0.05, 0) is 26.2 Å². The topological polar surface area (TPSA) is 674 Å². The van der Waals surface area contributed by atoms with Gasteiger partial charge in [-0.15, -0.1) is 0 Å². The number of carbonyl (C=O) groups is 6. The van der Waals surface area contributed by atoms with Crippen LogP contribution in [0.15, 0.2) is 12.2 Å². The molecule has 0 aliphatic carbocycles. The van der Waals surface area contributed by atoms with Gasteiger partial charge in [0.15, 0.2) is 25.2 Å². The van der Waals surface area contributed by atoms with Crippen LogP contribution < -0.4 is 16.0 Å². The largest absolute Gasteiger partial charge is 0.477 e. The molecule has 6 aliphatic rings. The normalized spacial score (nSPS) is 35.1. The van der Waals surface area contributed by atoms with Gasteiger partial charge in [-0.25, -0.2) is 9.59 Å². The number of hydrogen-bond donors (Lipinski definition) is 24. The van der Waals surface area contributed by atoms with E-state index >= 15 is 0 Å². The van der Waals surface area contributed by atoms with Gasteiger partial charge in [-0.2, -0.15) is 0 Å². The molecule has 0 aromatic heterocycles. The first kappa shape index (κ1) is 111. The first-order chi connectivity index (χ1) is 60.6. The summed E-state index contributed by atoms with van der Waals surface area (Å²) in [6.07, 6.45) is -32.4. The molecular formula is C85H149N3O39. The zero-order valence-electron chi connectivity index (χ0n) is 73.7. The van der Waals surface area contributed by atoms with Crippen LogP contribution in [0.3, 0.4) is 0 Å². The number of allylic oxidation sites excluding steroid dienone is 1. The molecule has 0 spiro atoms. The molecule has 0 aromatic rings. The molecule has 2 unspecified atom stereocenters. The van der Waals surface area contributed by atoms with Crippen molar-refractivity contribution < 1.29 is 193 Å². The van der Waals surface area contributed by atoms with E-state index in [1.54, 1.807) is 6.08 Å². The van der Waals surface area contributed by atoms with Crippen molar-refractivity contribution in [2.75, 3.05) is 46.2 Å². The van der Waals surface area contributed by atoms with Gasteiger partial charge in [0, 0.05) is 45.4 Å². The van der Waals surface area contributed by atoms with Crippen LogP contribution >= 0.6 is 0 Å². The average Bonchev–Trinajstić information content (AvgIpc) is 0.749. The number of carbonyl (C=O) groups excluding carboxylic acids is 4. The molecule has 0 bridgehead atoms. The van der Waals surface area contributed by atoms with E-state index in [0.29, 0.717) is 12.8 Å². The smallest absolute Gasteiger partial charge is 0.364 e. The van der Waals surface area contributed by atoms with E-state index in [9.17, 15) is 136 Å². The summed E-state index contributed by atoms with van der Waals surface area (Å²) in [6.45, 7) is -0.630. The molecule has 34 atom stereocenters. The van der Waals surface area contributed by atoms with Crippen LogP contribution in [0.4, 0.5) is 0 Å². The molecular weight excluding hydrogens is 1690 g/mol. The highest BCUT2D eigenvalue weighted by Gasteiger charge is 2.64. The van der Waals surface area contributed by atoms with Gasteiger partial charge < -0.3 is 185 Å². The fraction of sp³-hybridized carbons (Fsp3) is 0.906. The molecule has 6 fully saturated rings. The first-order valence-electron chi connectivity index (χ1n) is 45.4. The van der Waals surface area contributed by atoms with Crippen molar-refractivity contribution in [3.63, 3.8) is 0 Å². The van der Waals surface area contributed by atoms with Crippen molar-refractivity contribution >= 4 is 35.4 Å². The number of hydrogen-bond acceptors (Lipinski definition) is 37. The van der Waals surface area contributed by atoms with E-state index in [0.717, 1.165) is 85.0 Å². The van der Waals surface area contributed by atoms with Gasteiger partial charge in [-0.1, -0.05) is 180 Å². The number of carboxylic acids is 2. The Labute approximate surface area is 740 Å². The maximum absolute atomic E-state index is 14.1. The highest BCUT2D eigenvalue weighted by Crippen LogP contribution is 2.44. The average molecular weight is 1840 g/mol. The maximum Gasteiger partial charge on any atom is 0.364 e. The first-order valence-corrected chi connectivity index (χ1v) is 45.4. The van der Waals surface area contributed by atoms with Crippen molar-refractivity contribution in [2.45, 2.75) is 435 Å². The molecule has 0 radical (unpaired) electrons. The number of nitrogens with one attached hydrogen (secondary N) is 3. The lowest BCUT2D eigenvalue weighted by Crippen LogP contribution is -2.71. The third kappa shape index (κ3) is 32.7. The van der Waals surface area contributed by atoms with Gasteiger partial charge in [0.25, 0.3) is 11.6 Å². The molecule has 3 amide bonds. The number of Topliss-reactive ketones (excluding diaryl/α,β-unsaturated/α-hetero) is 1. The predicted molar refractivity (Wildman–Crippen MR) is 441 cm³/mol. The number of aliphatic carboxylic acids is 2. The van der Waals surface area contributed by atoms with Crippen molar-refractivity contribution in [2.24, 2.45) is 5.92 Å². The number of amides is 3. The van der Waals surface area contributed by atoms with Gasteiger partial charge in [0.2, 0.25) is 17.7 Å². The quantitative estimate of drug-likeness (QED) is 0.0216. The Bertz CT molecular complexity index is 3200. The second-order valence-corrected chi connectivity index (χ2v) is 34.6. The van der Waals surface area contributed by atoms with E-state index in [1.165, 1.54) is 102 Å². The fourth-order valence-electron chi connectivity index (χ4n) is 17.2. The Morgan fingerprint density at radius 2 is 0.811 bits per heavy atom. The SMILES string of the molecule is CCCCCCCCCCCCC/C=C/[C@@H](O)[C@H](CO[C@@H]1O[C@H](CO)[C@@H](O[C@@H]2O[C@H](CO)[C@H](O[C@@H]3O[C@H](CO)[C@H](O)[C@H](O[C@@H]4O[C@H](CO)[C@H](O)[C@H](O[C@]5(C(=O)O)C[C@H](O)[C@@H](NC(C)=O)C([C@H](O)[C@H](O)CO)O5)[C@H]4O)[C@H]3CC(C)=O)[C@H](O[C@]3(C(=O)O)C[C@H](O)[C@@H](NC(C)=O)C([C@H](O)[C@H](O)CO)O3)[C@H]2O)[C@H](O)[C@H]1O)NC(=O)CCCCCCCCCCCCCCCCC. The minimum absolute atomic E-state index is 0.0980. The van der Waals surface area contributed by atoms with E-state index < -0.39 is 308 Å². The van der Waals surface area contributed by atoms with Gasteiger partial charge >= 0.3 is 11.9 Å². The third-order valence-electron chi connectivity index (χ3n) is 24.4. The number of ether oxygens (including phenoxy) is 12. The summed E-state index contributed by atoms with van der Waals surface area (Å²) in [5.74, 6) is -16.1. The van der Waals surface area contributed by atoms with Gasteiger partial charge in [-0.3, -0.25) is 14.4 Å². The van der Waals surface area contributed by atoms with Crippen molar-refractivity contribution in [1.82, 2.24) is 16.0 Å². The molecule has 42 heteroatoms. The number of carboxylic acid groups (broad SMARTS) is 2. The molecule has 127 heavy (non-hydrogen) atoms. The Hall–Kier alpha value is -4.48. The lowest BCUT2D eigenvalue weighted by molar-refractivity contribution is -0.408. The van der Waals surface area contributed by atoms with Crippen molar-refractivity contribution in [1.29, 1.82) is 0 Å². The molecule has 6 heterocycles. The summed E-state index contributed by atoms with van der Waals surface area (Å²) in [5, 5.41) is 245. The number of unbranched alkanes of at least 4 members (excludes halogenated alkanes) is 25. The summed E-state index contributed by atoms with van der Waals surface area (Å²) in [7, 11) is 0. The van der Waals surface area contributed by atoms with Crippen LogP contribution in [0.1, 0.15) is 234 Å². The van der Waals surface area contributed by atoms with Crippen LogP contribution in [0.2, 0.25) is 0 Å². The Balaban J connectivity index is 1.30. The van der Waals surface area contributed by atoms with Gasteiger partial charge in [0.1, 0.15) is 128 Å². The van der Waals surface area contributed by atoms with E-state index in [1.807, 2.05) is 0 Å². The van der Waals surface area contributed by atoms with Crippen LogP contribution in [0.25, 0.3) is 0 Å². The third-order valence-corrected chi connectivity index (χ3v) is 24.4. The predicted octanol–water partition coefficient (Wildman–Crippen LogP) is -2.78. The van der Waals surface area contributed by atoms with Crippen LogP contribution in [-0.2, 0) is 85.6 Å². The van der Waals surface area contributed by atoms with E-state index in [-0.39, 0.29) is 6.42 Å². The number of aliphatic hydroxyl groups is 19. The molecule has 42 nitrogen and oxygen atoms in total. The summed E-state index contributed by atoms with van der Waals surface area (Å²) < 4.78 is 72.7. The number of ketones is 1. The molecule has 6 aliphatic heterocycles. The second kappa shape index (κ2) is 56.6. The Morgan fingerprint density at radius 3 is 1.24 bits per heavy atom. The van der Waals surface area contributed by atoms with Crippen molar-refractivity contribution in [3.05, 3.63) is 12.2 Å². The molecule has 0 aromatic carbocycles. The van der Waals surface area contributed by atoms with Crippen LogP contribution in [0.5, 0.6) is 0 Å². The van der Waals surface area contributed by atoms with Crippen molar-refractivity contribution in [3.8, 4) is 0 Å². The Kier molecular flexibility index (Phi) is 49.6. The maximum atomic E-state index is 14.1. The lowest BCUT2D eigenvalue weighted by Gasteiger charge is -2.53. The van der Waals surface area contributed by atoms with E-state index in [2.05, 4.69) is 29.8 Å². The van der Waals surface area contributed by atoms with Crippen LogP contribution in [0, 0.1) is 5.92 Å². The molecule has 24 N–H and O–H groups in total. The minimum Gasteiger partial charge on any atom is -0.477 e. The monoisotopic (exact) mass is 1840 g/mol. The second-order valence-electron chi connectivity index (χ2n) is 34.6. The highest BCUT2D eigenvalue weighted by atomic mass is 16.8. The summed E-state index contributed by atoms with van der Waals surface area (Å²) in [4.78, 5) is 79.7. The molecule has 0 saturated carbocycles. The minimum atomic E-state index is -3.48. The fourth-order valence-corrected chi connectivity index (χ4v) is 17.2. The summed E-state index contributed by atoms with van der Waals surface area (Å²) in [6, 6.07) is -4.77. The van der Waals surface area contributed by atoms with Crippen LogP contribution in [-0.4, -0.2) is 390 Å². The number of rotatable bonds is 60. The lowest BCUT2D eigenvalue weighted by atomic mass is 9.86. The molecule has 738 valence electrons. The summed E-state index contributed by atoms with van der Waals surface area (Å²) >= 11 is 0. The molecule has 6 saturated heterocycles. The zero-order chi connectivity index (χ0) is 93.8. The standard InChI is InChI=1S/C85H149N3O39/c1-6-8-10-12-14-16-18-20-21-23-25-27-29-31-33-35-60(103)88-50(51(98)34-32-30-28-26-24-22-19-17-15-13-11-9-7-2)45-116-79-68(109)67(108)72(58(43-93)119-79)122-81-70(111)77(127-85(83(114)115)38-53(100)62(87-48(5)97)75(125-85)64(105)55(102)40-90)73(59(44-94)120-81)123-78-49(36-46(3)95)71(65(106)56(41-91)117-78)121-80-69(110)76(66(107)57(42-92)118-80)126-84(82(112)113)37-52(99)61(86-47(4)96)74(124-84)63(104)54(101)39-89/h32,34,49-59,61-81,89-94,98-102,104-111H,6-31,33,35-45H2,1-5H3,(H,86,96)(H,87,97)(H,88,103)(H,112,113)(H,114,115)/b34-32+/t49-,50+,51-,52+,53+,54-,55-,56-,57-,58-,59-,61-,62-,63-,64-,65+,66+,67-,68-,69-,70-,71-,72-,73+,74?,75?,76+,77-,78+,79-,80+,81+,84+,85+/m1/s1. The number of aliphatic hydroxyl groups excluding tert-OH is 19.